The maximum atomic E-state index is 13.2. The van der Waals surface area contributed by atoms with Gasteiger partial charge in [0.1, 0.15) is 5.82 Å². The highest BCUT2D eigenvalue weighted by molar-refractivity contribution is 9.10. The van der Waals surface area contributed by atoms with Crippen molar-refractivity contribution in [3.05, 3.63) is 28.5 Å². The zero-order valence-electron chi connectivity index (χ0n) is 11.3. The van der Waals surface area contributed by atoms with Crippen molar-refractivity contribution in [1.29, 1.82) is 0 Å². The first kappa shape index (κ1) is 15.8. The number of carbonyl (C=O) groups is 2. The Labute approximate surface area is 130 Å². The van der Waals surface area contributed by atoms with Crippen LogP contribution < -0.4 is 10.6 Å². The Morgan fingerprint density at radius 1 is 1.33 bits per heavy atom. The lowest BCUT2D eigenvalue weighted by Gasteiger charge is -2.28. The van der Waals surface area contributed by atoms with Crippen molar-refractivity contribution in [2.45, 2.75) is 37.6 Å². The van der Waals surface area contributed by atoms with Crippen LogP contribution in [0.4, 0.5) is 14.9 Å². The Morgan fingerprint density at radius 2 is 2.00 bits per heavy atom. The molecule has 1 aliphatic carbocycles. The van der Waals surface area contributed by atoms with E-state index in [1.165, 1.54) is 18.2 Å². The van der Waals surface area contributed by atoms with Gasteiger partial charge in [-0.05, 0) is 47.0 Å². The smallest absolute Gasteiger partial charge is 0.319 e. The predicted octanol–water partition coefficient (Wildman–Crippen LogP) is 3.50. The van der Waals surface area contributed by atoms with Gasteiger partial charge in [-0.1, -0.05) is 12.8 Å². The third-order valence-corrected chi connectivity index (χ3v) is 4.30. The van der Waals surface area contributed by atoms with E-state index in [0.717, 1.165) is 12.8 Å². The van der Waals surface area contributed by atoms with Crippen LogP contribution in [0.25, 0.3) is 0 Å². The summed E-state index contributed by atoms with van der Waals surface area (Å²) in [6, 6.07) is 3.44. The molecular weight excluding hydrogens is 343 g/mol. The van der Waals surface area contributed by atoms with Gasteiger partial charge in [0.15, 0.2) is 0 Å². The van der Waals surface area contributed by atoms with E-state index in [0.29, 0.717) is 23.0 Å². The molecule has 5 nitrogen and oxygen atoms in total. The van der Waals surface area contributed by atoms with E-state index < -0.39 is 23.4 Å². The number of aliphatic carboxylic acids is 1. The van der Waals surface area contributed by atoms with Gasteiger partial charge in [0.2, 0.25) is 0 Å². The molecule has 1 aromatic rings. The van der Waals surface area contributed by atoms with Crippen molar-refractivity contribution >= 4 is 33.6 Å². The topological polar surface area (TPSA) is 78.4 Å². The second kappa shape index (κ2) is 6.43. The van der Waals surface area contributed by atoms with Crippen LogP contribution in [0.2, 0.25) is 0 Å². The molecule has 1 aromatic carbocycles. The predicted molar refractivity (Wildman–Crippen MR) is 79.7 cm³/mol. The lowest BCUT2D eigenvalue weighted by molar-refractivity contribution is -0.138. The number of nitrogens with one attached hydrogen (secondary N) is 2. The van der Waals surface area contributed by atoms with Crippen molar-refractivity contribution in [2.24, 2.45) is 0 Å². The summed E-state index contributed by atoms with van der Waals surface area (Å²) in [6.45, 7) is 0. The van der Waals surface area contributed by atoms with Crippen LogP contribution in [0, 0.1) is 5.82 Å². The van der Waals surface area contributed by atoms with Crippen LogP contribution in [-0.4, -0.2) is 22.6 Å². The third kappa shape index (κ3) is 4.17. The Morgan fingerprint density at radius 3 is 2.62 bits per heavy atom. The first-order valence-electron chi connectivity index (χ1n) is 6.66. The summed E-state index contributed by atoms with van der Waals surface area (Å²) in [5, 5.41) is 14.3. The summed E-state index contributed by atoms with van der Waals surface area (Å²) in [4.78, 5) is 23.0. The van der Waals surface area contributed by atoms with Gasteiger partial charge in [-0.25, -0.2) is 9.18 Å². The number of rotatable bonds is 4. The summed E-state index contributed by atoms with van der Waals surface area (Å²) in [6.07, 6.45) is 2.94. The molecule has 21 heavy (non-hydrogen) atoms. The number of carboxylic acid groups (broad SMARTS) is 1. The van der Waals surface area contributed by atoms with Crippen molar-refractivity contribution in [3.8, 4) is 0 Å². The van der Waals surface area contributed by atoms with Crippen LogP contribution in [0.1, 0.15) is 32.1 Å². The monoisotopic (exact) mass is 358 g/mol. The molecular formula is C14H16BrFN2O3. The molecule has 1 saturated carbocycles. The largest absolute Gasteiger partial charge is 0.481 e. The van der Waals surface area contributed by atoms with E-state index in [9.17, 15) is 14.0 Å². The number of amides is 2. The SMILES string of the molecule is O=C(O)CC1(NC(=O)Nc2cc(F)ccc2Br)CCCC1. The molecule has 114 valence electrons. The minimum atomic E-state index is -0.941. The van der Waals surface area contributed by atoms with Crippen molar-refractivity contribution < 1.29 is 19.1 Å². The van der Waals surface area contributed by atoms with E-state index in [1.807, 2.05) is 0 Å². The molecule has 0 aromatic heterocycles. The Bertz CT molecular complexity index is 559. The maximum absolute atomic E-state index is 13.2. The van der Waals surface area contributed by atoms with E-state index in [-0.39, 0.29) is 6.42 Å². The number of carboxylic acids is 1. The second-order valence-electron chi connectivity index (χ2n) is 5.26. The molecule has 2 rings (SSSR count). The third-order valence-electron chi connectivity index (χ3n) is 3.61. The molecule has 0 aliphatic heterocycles. The summed E-state index contributed by atoms with van der Waals surface area (Å²) in [5.41, 5.74) is -0.411. The van der Waals surface area contributed by atoms with E-state index in [2.05, 4.69) is 26.6 Å². The number of urea groups is 1. The van der Waals surface area contributed by atoms with Gasteiger partial charge in [-0.15, -0.1) is 0 Å². The van der Waals surface area contributed by atoms with Gasteiger partial charge in [-0.2, -0.15) is 0 Å². The molecule has 7 heteroatoms. The van der Waals surface area contributed by atoms with Crippen LogP contribution >= 0.6 is 15.9 Å². The summed E-state index contributed by atoms with van der Waals surface area (Å²) >= 11 is 3.22. The zero-order valence-corrected chi connectivity index (χ0v) is 12.9. The van der Waals surface area contributed by atoms with Crippen molar-refractivity contribution in [3.63, 3.8) is 0 Å². The first-order valence-corrected chi connectivity index (χ1v) is 7.46. The Balaban J connectivity index is 2.06. The quantitative estimate of drug-likeness (QED) is 0.770. The molecule has 0 spiro atoms. The lowest BCUT2D eigenvalue weighted by atomic mass is 9.93. The van der Waals surface area contributed by atoms with Crippen molar-refractivity contribution in [2.75, 3.05) is 5.32 Å². The zero-order chi connectivity index (χ0) is 15.5. The van der Waals surface area contributed by atoms with Crippen molar-refractivity contribution in [1.82, 2.24) is 5.32 Å². The molecule has 0 saturated heterocycles. The molecule has 3 N–H and O–H groups in total. The van der Waals surface area contributed by atoms with Crippen LogP contribution in [-0.2, 0) is 4.79 Å². The van der Waals surface area contributed by atoms with Gasteiger partial charge in [0.25, 0.3) is 0 Å². The van der Waals surface area contributed by atoms with E-state index in [4.69, 9.17) is 5.11 Å². The van der Waals surface area contributed by atoms with E-state index >= 15 is 0 Å². The first-order chi connectivity index (χ1) is 9.90. The number of hydrogen-bond acceptors (Lipinski definition) is 2. The molecule has 0 radical (unpaired) electrons. The average Bonchev–Trinajstić information content (AvgIpc) is 2.80. The van der Waals surface area contributed by atoms with Crippen LogP contribution in [0.3, 0.4) is 0 Å². The number of benzene rings is 1. The van der Waals surface area contributed by atoms with Gasteiger partial charge >= 0.3 is 12.0 Å². The maximum Gasteiger partial charge on any atom is 0.319 e. The highest BCUT2D eigenvalue weighted by Crippen LogP contribution is 2.33. The Hall–Kier alpha value is -1.63. The van der Waals surface area contributed by atoms with Gasteiger partial charge in [-0.3, -0.25) is 4.79 Å². The molecule has 2 amide bonds. The fraction of sp³-hybridized carbons (Fsp3) is 0.429. The van der Waals surface area contributed by atoms with Gasteiger partial charge in [0, 0.05) is 4.47 Å². The molecule has 0 unspecified atom stereocenters. The number of carbonyl (C=O) groups excluding carboxylic acids is 1. The molecule has 1 aliphatic rings. The van der Waals surface area contributed by atoms with E-state index in [1.54, 1.807) is 0 Å². The standard InChI is InChI=1S/C14H16BrFN2O3/c15-10-4-3-9(16)7-11(10)17-13(21)18-14(8-12(19)20)5-1-2-6-14/h3-4,7H,1-2,5-6,8H2,(H,19,20)(H2,17,18,21). The van der Waals surface area contributed by atoms with Crippen LogP contribution in [0.15, 0.2) is 22.7 Å². The number of anilines is 1. The normalized spacial score (nSPS) is 16.5. The Kier molecular flexibility index (Phi) is 4.82. The molecule has 1 fully saturated rings. The summed E-state index contributed by atoms with van der Waals surface area (Å²) in [7, 11) is 0. The highest BCUT2D eigenvalue weighted by Gasteiger charge is 2.37. The summed E-state index contributed by atoms with van der Waals surface area (Å²) in [5.74, 6) is -1.40. The lowest BCUT2D eigenvalue weighted by Crippen LogP contribution is -2.49. The fourth-order valence-electron chi connectivity index (χ4n) is 2.67. The molecule has 0 bridgehead atoms. The minimum Gasteiger partial charge on any atom is -0.481 e. The molecule has 0 atom stereocenters. The molecule has 0 heterocycles. The fourth-order valence-corrected chi connectivity index (χ4v) is 3.02. The second-order valence-corrected chi connectivity index (χ2v) is 6.12. The highest BCUT2D eigenvalue weighted by atomic mass is 79.9. The average molecular weight is 359 g/mol. The van der Waals surface area contributed by atoms with Gasteiger partial charge < -0.3 is 15.7 Å². The number of hydrogen-bond donors (Lipinski definition) is 3. The summed E-state index contributed by atoms with van der Waals surface area (Å²) < 4.78 is 13.7. The van der Waals surface area contributed by atoms with Gasteiger partial charge in [0.05, 0.1) is 17.6 Å². The van der Waals surface area contributed by atoms with Crippen LogP contribution in [0.5, 0.6) is 0 Å². The number of halogens is 2. The minimum absolute atomic E-state index is 0.106.